The van der Waals surface area contributed by atoms with E-state index < -0.39 is 15.2 Å². The Morgan fingerprint density at radius 2 is 0.750 bits per heavy atom. The summed E-state index contributed by atoms with van der Waals surface area (Å²) in [6.07, 6.45) is 14.4. The van der Waals surface area contributed by atoms with Crippen LogP contribution in [0.1, 0.15) is 104 Å². The van der Waals surface area contributed by atoms with E-state index in [1.54, 1.807) is 0 Å². The molecule has 0 aromatic heterocycles. The van der Waals surface area contributed by atoms with Crippen LogP contribution < -0.4 is 0 Å². The van der Waals surface area contributed by atoms with Crippen molar-refractivity contribution in [3.05, 3.63) is 24.8 Å². The van der Waals surface area contributed by atoms with Crippen molar-refractivity contribution in [1.82, 2.24) is 0 Å². The molecular weight excluding hydrogens is 446 g/mol. The summed E-state index contributed by atoms with van der Waals surface area (Å²) < 4.78 is 46.7. The molecule has 0 aliphatic rings. The van der Waals surface area contributed by atoms with Crippen molar-refractivity contribution in [3.63, 3.8) is 0 Å². The van der Waals surface area contributed by atoms with Gasteiger partial charge >= 0.3 is 15.2 Å². The summed E-state index contributed by atoms with van der Waals surface area (Å²) in [6.45, 7) is 13.2. The smallest absolute Gasteiger partial charge is 0.306 e. The zero-order valence-electron chi connectivity index (χ0n) is 20.6. The minimum Gasteiger partial charge on any atom is -0.306 e. The van der Waals surface area contributed by atoms with Crippen LogP contribution in [0.5, 0.6) is 0 Å². The molecule has 190 valence electrons. The van der Waals surface area contributed by atoms with Crippen molar-refractivity contribution in [2.75, 3.05) is 26.4 Å². The Labute approximate surface area is 197 Å². The molecule has 0 fully saturated rings. The van der Waals surface area contributed by atoms with Crippen LogP contribution in [0.4, 0.5) is 0 Å². The van der Waals surface area contributed by atoms with E-state index in [-0.39, 0.29) is 0 Å². The van der Waals surface area contributed by atoms with Gasteiger partial charge in [0.2, 0.25) is 0 Å². The molecule has 0 saturated carbocycles. The lowest BCUT2D eigenvalue weighted by Crippen LogP contribution is -1.98. The first-order chi connectivity index (χ1) is 15.4. The van der Waals surface area contributed by atoms with Gasteiger partial charge in [-0.05, 0) is 25.7 Å². The highest BCUT2D eigenvalue weighted by Gasteiger charge is 2.20. The first kappa shape index (κ1) is 31.8. The normalized spacial score (nSPS) is 15.2. The van der Waals surface area contributed by atoms with Crippen LogP contribution in [-0.2, 0) is 27.2 Å². The molecule has 0 amide bonds. The minimum atomic E-state index is -3.15. The van der Waals surface area contributed by atoms with Gasteiger partial charge in [-0.1, -0.05) is 91.2 Å². The highest BCUT2D eigenvalue weighted by atomic mass is 31.2. The quantitative estimate of drug-likeness (QED) is 0.0930. The molecule has 0 spiro atoms. The van der Waals surface area contributed by atoms with Gasteiger partial charge in [0.15, 0.2) is 0 Å². The number of rotatable bonds is 25. The maximum absolute atomic E-state index is 12.4. The molecule has 0 aliphatic carbocycles. The zero-order valence-corrected chi connectivity index (χ0v) is 22.4. The predicted molar refractivity (Wildman–Crippen MR) is 135 cm³/mol. The molecule has 2 atom stereocenters. The van der Waals surface area contributed by atoms with Crippen molar-refractivity contribution in [1.29, 1.82) is 0 Å². The summed E-state index contributed by atoms with van der Waals surface area (Å²) in [6, 6.07) is 0. The first-order valence-corrected chi connectivity index (χ1v) is 15.7. The van der Waals surface area contributed by atoms with Gasteiger partial charge in [-0.3, -0.25) is 9.13 Å². The third-order valence-electron chi connectivity index (χ3n) is 5.07. The average molecular weight is 495 g/mol. The molecule has 0 saturated heterocycles. The van der Waals surface area contributed by atoms with Gasteiger partial charge in [-0.2, -0.15) is 0 Å². The molecule has 6 nitrogen and oxygen atoms in total. The Morgan fingerprint density at radius 3 is 1.00 bits per heavy atom. The second kappa shape index (κ2) is 21.3. The molecule has 8 heteroatoms. The maximum atomic E-state index is 12.4. The summed E-state index contributed by atoms with van der Waals surface area (Å²) >= 11 is 0. The van der Waals surface area contributed by atoms with Gasteiger partial charge in [0.05, 0.1) is 26.4 Å². The monoisotopic (exact) mass is 494 g/mol. The van der Waals surface area contributed by atoms with Crippen molar-refractivity contribution in [2.24, 2.45) is 0 Å². The Morgan fingerprint density at radius 1 is 0.500 bits per heavy atom. The van der Waals surface area contributed by atoms with Crippen LogP contribution in [0.15, 0.2) is 24.8 Å². The fourth-order valence-electron chi connectivity index (χ4n) is 3.02. The molecule has 2 unspecified atom stereocenters. The lowest BCUT2D eigenvalue weighted by molar-refractivity contribution is 0.202. The Balaban J connectivity index is 3.71. The Hall–Kier alpha value is -0.220. The Kier molecular flexibility index (Phi) is 21.2. The molecule has 0 heterocycles. The highest BCUT2D eigenvalue weighted by molar-refractivity contribution is 7.57. The molecule has 0 N–H and O–H groups in total. The Bertz CT molecular complexity index is 505. The first-order valence-electron chi connectivity index (χ1n) is 12.5. The molecule has 0 radical (unpaired) electrons. The number of hydrogen-bond donors (Lipinski definition) is 0. The maximum Gasteiger partial charge on any atom is 0.353 e. The van der Waals surface area contributed by atoms with E-state index in [0.717, 1.165) is 89.9 Å². The molecule has 0 bridgehead atoms. The van der Waals surface area contributed by atoms with Gasteiger partial charge < -0.3 is 18.1 Å². The van der Waals surface area contributed by atoms with Crippen LogP contribution in [0.3, 0.4) is 0 Å². The summed E-state index contributed by atoms with van der Waals surface area (Å²) in [5.41, 5.74) is 0. The van der Waals surface area contributed by atoms with E-state index in [1.807, 2.05) is 0 Å². The van der Waals surface area contributed by atoms with E-state index >= 15 is 0 Å². The van der Waals surface area contributed by atoms with Gasteiger partial charge in [0, 0.05) is 11.6 Å². The number of hydrogen-bond acceptors (Lipinski definition) is 6. The molecule has 0 aromatic carbocycles. The van der Waals surface area contributed by atoms with Crippen molar-refractivity contribution >= 4 is 15.2 Å². The van der Waals surface area contributed by atoms with Crippen LogP contribution in [0.2, 0.25) is 0 Å². The summed E-state index contributed by atoms with van der Waals surface area (Å²) in [5, 5.41) is 0. The standard InChI is InChI=1S/C24H48O6P2/c1-5-9-11-17-21-27-31(25,7-3)29-23-19-15-13-14-16-20-24-30-32(26,8-4)28-22-18-12-10-6-2/h7-8H,3-6,9-24H2,1-2H3. The predicted octanol–water partition coefficient (Wildman–Crippen LogP) is 9.23. The summed E-state index contributed by atoms with van der Waals surface area (Å²) in [4.78, 5) is 0. The van der Waals surface area contributed by atoms with Crippen LogP contribution in [0.25, 0.3) is 0 Å². The zero-order chi connectivity index (χ0) is 24.0. The molecule has 0 rings (SSSR count). The van der Waals surface area contributed by atoms with Crippen LogP contribution in [0, 0.1) is 0 Å². The third-order valence-corrected chi connectivity index (χ3v) is 8.13. The average Bonchev–Trinajstić information content (AvgIpc) is 2.80. The fourth-order valence-corrected chi connectivity index (χ4v) is 5.13. The van der Waals surface area contributed by atoms with E-state index in [1.165, 1.54) is 11.6 Å². The van der Waals surface area contributed by atoms with Gasteiger partial charge in [-0.15, -0.1) is 0 Å². The highest BCUT2D eigenvalue weighted by Crippen LogP contribution is 2.50. The number of unbranched alkanes of at least 4 members (excludes halogenated alkanes) is 11. The van der Waals surface area contributed by atoms with E-state index in [0.29, 0.717) is 26.4 Å². The molecular formula is C24H48O6P2. The van der Waals surface area contributed by atoms with Crippen molar-refractivity contribution in [2.45, 2.75) is 104 Å². The van der Waals surface area contributed by atoms with E-state index in [9.17, 15) is 9.13 Å². The molecule has 0 aliphatic heterocycles. The van der Waals surface area contributed by atoms with Gasteiger partial charge in [0.1, 0.15) is 0 Å². The molecule has 32 heavy (non-hydrogen) atoms. The van der Waals surface area contributed by atoms with Gasteiger partial charge in [0.25, 0.3) is 0 Å². The van der Waals surface area contributed by atoms with E-state index in [2.05, 4.69) is 27.0 Å². The van der Waals surface area contributed by atoms with E-state index in [4.69, 9.17) is 18.1 Å². The second-order valence-corrected chi connectivity index (χ2v) is 11.9. The fraction of sp³-hybridized carbons (Fsp3) is 0.833. The van der Waals surface area contributed by atoms with Gasteiger partial charge in [-0.25, -0.2) is 0 Å². The topological polar surface area (TPSA) is 71.1 Å². The minimum absolute atomic E-state index is 0.416. The summed E-state index contributed by atoms with van der Waals surface area (Å²) in [5.74, 6) is 2.62. The lowest BCUT2D eigenvalue weighted by atomic mass is 10.1. The SMILES string of the molecule is C=CP(=O)(OCCCCCC)OCCCCCCCCOP(=O)(C=C)OCCCCCC. The third kappa shape index (κ3) is 18.2. The lowest BCUT2D eigenvalue weighted by Gasteiger charge is -2.15. The van der Waals surface area contributed by atoms with Crippen molar-refractivity contribution < 1.29 is 27.2 Å². The molecule has 0 aromatic rings. The van der Waals surface area contributed by atoms with Crippen molar-refractivity contribution in [3.8, 4) is 0 Å². The summed E-state index contributed by atoms with van der Waals surface area (Å²) in [7, 11) is -6.30. The second-order valence-electron chi connectivity index (χ2n) is 8.02. The largest absolute Gasteiger partial charge is 0.353 e. The van der Waals surface area contributed by atoms with Crippen LogP contribution >= 0.6 is 15.2 Å². The van der Waals surface area contributed by atoms with Crippen LogP contribution in [-0.4, -0.2) is 26.4 Å².